The number of carbonyl (C=O) groups excluding carboxylic acids is 2. The number of rotatable bonds is 6. The first-order valence-corrected chi connectivity index (χ1v) is 11.6. The number of methoxy groups -OCH3 is 1. The van der Waals surface area contributed by atoms with Crippen LogP contribution in [0, 0.1) is 0 Å². The molecule has 1 unspecified atom stereocenters. The van der Waals surface area contributed by atoms with Crippen LogP contribution in [0.4, 0.5) is 29.3 Å². The zero-order valence-electron chi connectivity index (χ0n) is 21.0. The van der Waals surface area contributed by atoms with Gasteiger partial charge in [0.15, 0.2) is 0 Å². The molecule has 0 aromatic heterocycles. The summed E-state index contributed by atoms with van der Waals surface area (Å²) in [5, 5.41) is 3.33. The second kappa shape index (κ2) is 11.4. The van der Waals surface area contributed by atoms with Gasteiger partial charge < -0.3 is 14.4 Å². The van der Waals surface area contributed by atoms with Gasteiger partial charge in [-0.1, -0.05) is 11.2 Å². The molecule has 37 heavy (non-hydrogen) atoms. The van der Waals surface area contributed by atoms with Gasteiger partial charge in [0.2, 0.25) is 5.91 Å². The van der Waals surface area contributed by atoms with E-state index in [1.165, 1.54) is 29.9 Å². The lowest BCUT2D eigenvalue weighted by molar-refractivity contribution is -0.137. The molecule has 0 spiro atoms. The molecule has 12 heteroatoms. The number of carbonyl (C=O) groups is 2. The number of azide groups is 1. The molecule has 198 valence electrons. The van der Waals surface area contributed by atoms with Gasteiger partial charge in [0.1, 0.15) is 5.75 Å². The van der Waals surface area contributed by atoms with Gasteiger partial charge in [0.25, 0.3) is 0 Å². The van der Waals surface area contributed by atoms with Crippen molar-refractivity contribution < 1.29 is 32.2 Å². The fourth-order valence-electron chi connectivity index (χ4n) is 4.34. The lowest BCUT2D eigenvalue weighted by Crippen LogP contribution is -2.34. The third kappa shape index (κ3) is 6.65. The Labute approximate surface area is 212 Å². The topological polar surface area (TPSA) is 108 Å². The third-order valence-corrected chi connectivity index (χ3v) is 5.90. The first-order valence-electron chi connectivity index (χ1n) is 11.6. The van der Waals surface area contributed by atoms with Gasteiger partial charge in [0.05, 0.1) is 30.5 Å². The van der Waals surface area contributed by atoms with E-state index in [1.807, 2.05) is 0 Å². The summed E-state index contributed by atoms with van der Waals surface area (Å²) in [5.41, 5.74) is 8.85. The Morgan fingerprint density at radius 1 is 1.24 bits per heavy atom. The minimum atomic E-state index is -4.67. The highest BCUT2D eigenvalue weighted by Gasteiger charge is 2.34. The summed E-state index contributed by atoms with van der Waals surface area (Å²) in [5.74, 6) is 0.126. The van der Waals surface area contributed by atoms with Crippen molar-refractivity contribution in [2.75, 3.05) is 18.6 Å². The maximum absolute atomic E-state index is 13.5. The molecule has 9 nitrogen and oxygen atoms in total. The molecule has 1 aliphatic rings. The quantitative estimate of drug-likeness (QED) is 0.235. The molecule has 1 atom stereocenters. The van der Waals surface area contributed by atoms with E-state index in [9.17, 15) is 22.8 Å². The lowest BCUT2D eigenvalue weighted by atomic mass is 9.98. The molecule has 0 saturated carbocycles. The van der Waals surface area contributed by atoms with E-state index in [4.69, 9.17) is 15.0 Å². The highest BCUT2D eigenvalue weighted by molar-refractivity contribution is 5.89. The fourth-order valence-corrected chi connectivity index (χ4v) is 4.34. The average Bonchev–Trinajstić information content (AvgIpc) is 3.00. The van der Waals surface area contributed by atoms with Crippen LogP contribution in [0.25, 0.3) is 10.4 Å². The maximum Gasteiger partial charge on any atom is 0.416 e. The van der Waals surface area contributed by atoms with Gasteiger partial charge >= 0.3 is 12.3 Å². The Morgan fingerprint density at radius 2 is 1.97 bits per heavy atom. The minimum Gasteiger partial charge on any atom is -0.497 e. The number of hydrogen-bond acceptors (Lipinski definition) is 5. The molecular formula is C25H28F3N5O4. The Bertz CT molecular complexity index is 1210. The summed E-state index contributed by atoms with van der Waals surface area (Å²) >= 11 is 0. The maximum atomic E-state index is 13.5. The Balaban J connectivity index is 2.08. The molecule has 0 bridgehead atoms. The number of alkyl halides is 3. The van der Waals surface area contributed by atoms with Crippen molar-refractivity contribution >= 4 is 23.4 Å². The zero-order chi connectivity index (χ0) is 27.3. The molecular weight excluding hydrogens is 491 g/mol. The van der Waals surface area contributed by atoms with Crippen molar-refractivity contribution in [1.82, 2.24) is 4.90 Å². The summed E-state index contributed by atoms with van der Waals surface area (Å²) in [6, 6.07) is 7.59. The molecule has 0 radical (unpaired) electrons. The van der Waals surface area contributed by atoms with Gasteiger partial charge in [-0.15, -0.1) is 0 Å². The molecule has 1 heterocycles. The fraction of sp³-hybridized carbons (Fsp3) is 0.440. The molecule has 2 aromatic rings. The van der Waals surface area contributed by atoms with Crippen LogP contribution < -0.4 is 9.64 Å². The smallest absolute Gasteiger partial charge is 0.416 e. The molecule has 2 amide bonds. The summed E-state index contributed by atoms with van der Waals surface area (Å²) in [4.78, 5) is 31.3. The van der Waals surface area contributed by atoms with Crippen molar-refractivity contribution in [1.29, 1.82) is 0 Å². The average molecular weight is 520 g/mol. The van der Waals surface area contributed by atoms with Crippen molar-refractivity contribution in [2.45, 2.75) is 58.5 Å². The van der Waals surface area contributed by atoms with Gasteiger partial charge in [0, 0.05) is 36.7 Å². The first-order chi connectivity index (χ1) is 17.4. The number of halogens is 3. The largest absolute Gasteiger partial charge is 0.497 e. The van der Waals surface area contributed by atoms with Gasteiger partial charge in [-0.2, -0.15) is 13.2 Å². The Hall–Kier alpha value is -3.92. The van der Waals surface area contributed by atoms with Crippen molar-refractivity contribution in [3.8, 4) is 5.75 Å². The number of nitrogens with zero attached hydrogens (tertiary/aromatic N) is 5. The van der Waals surface area contributed by atoms with E-state index in [1.54, 1.807) is 32.0 Å². The molecule has 1 aliphatic heterocycles. The van der Waals surface area contributed by atoms with E-state index >= 15 is 0 Å². The molecule has 0 fully saturated rings. The number of fused-ring (bicyclic) bond motifs is 1. The summed E-state index contributed by atoms with van der Waals surface area (Å²) in [6.07, 6.45) is -4.60. The van der Waals surface area contributed by atoms with Crippen LogP contribution in [-0.4, -0.2) is 36.7 Å². The van der Waals surface area contributed by atoms with E-state index in [0.29, 0.717) is 36.4 Å². The number of benzene rings is 2. The van der Waals surface area contributed by atoms with E-state index < -0.39 is 23.9 Å². The van der Waals surface area contributed by atoms with Gasteiger partial charge in [-0.05, 0) is 67.6 Å². The zero-order valence-corrected chi connectivity index (χ0v) is 21.0. The van der Waals surface area contributed by atoms with Crippen LogP contribution in [0.15, 0.2) is 41.5 Å². The van der Waals surface area contributed by atoms with Crippen LogP contribution in [0.2, 0.25) is 0 Å². The van der Waals surface area contributed by atoms with Crippen molar-refractivity contribution in [3.05, 3.63) is 63.5 Å². The molecule has 2 aromatic carbocycles. The Kier molecular flexibility index (Phi) is 8.54. The van der Waals surface area contributed by atoms with Crippen LogP contribution in [0.1, 0.15) is 56.3 Å². The number of ether oxygens (including phenoxy) is 2. The molecule has 0 saturated heterocycles. The third-order valence-electron chi connectivity index (χ3n) is 5.90. The Morgan fingerprint density at radius 3 is 2.57 bits per heavy atom. The normalized spacial score (nSPS) is 15.4. The second-order valence-electron chi connectivity index (χ2n) is 8.89. The number of anilines is 1. The SMILES string of the molecule is COc1ccc2c(c1)N(C(=O)OC(C)C)CCCC2N(Cc1cc(N=[N+]=[N-])cc(C(F)(F)F)c1)C(C)=O. The molecule has 0 aliphatic carbocycles. The van der Waals surface area contributed by atoms with Crippen LogP contribution in [-0.2, 0) is 22.3 Å². The summed E-state index contributed by atoms with van der Waals surface area (Å²) in [7, 11) is 1.49. The predicted molar refractivity (Wildman–Crippen MR) is 130 cm³/mol. The number of hydrogen-bond donors (Lipinski definition) is 0. The number of amides is 2. The van der Waals surface area contributed by atoms with Crippen LogP contribution in [0.5, 0.6) is 5.75 Å². The highest BCUT2D eigenvalue weighted by Crippen LogP contribution is 2.40. The van der Waals surface area contributed by atoms with Crippen molar-refractivity contribution in [3.63, 3.8) is 0 Å². The predicted octanol–water partition coefficient (Wildman–Crippen LogP) is 6.89. The monoisotopic (exact) mass is 519 g/mol. The van der Waals surface area contributed by atoms with Crippen LogP contribution >= 0.6 is 0 Å². The minimum absolute atomic E-state index is 0.155. The standard InChI is InChI=1S/C25H28F3N5O4/c1-15(2)37-24(35)32-9-5-6-22(21-8-7-20(36-4)13-23(21)32)33(16(3)34)14-17-10-18(25(26,27)28)12-19(11-17)30-31-29/h7-8,10-13,15,22H,5-6,9,14H2,1-4H3. The first kappa shape index (κ1) is 27.7. The lowest BCUT2D eigenvalue weighted by Gasteiger charge is -2.32. The van der Waals surface area contributed by atoms with E-state index in [0.717, 1.165) is 12.1 Å². The van der Waals surface area contributed by atoms with E-state index in [2.05, 4.69) is 10.0 Å². The molecule has 3 rings (SSSR count). The summed E-state index contributed by atoms with van der Waals surface area (Å²) in [6.45, 7) is 4.96. The van der Waals surface area contributed by atoms with E-state index in [-0.39, 0.29) is 29.8 Å². The highest BCUT2D eigenvalue weighted by atomic mass is 19.4. The van der Waals surface area contributed by atoms with Gasteiger partial charge in [-0.3, -0.25) is 9.69 Å². The molecule has 0 N–H and O–H groups in total. The van der Waals surface area contributed by atoms with Gasteiger partial charge in [-0.25, -0.2) is 4.79 Å². The summed E-state index contributed by atoms with van der Waals surface area (Å²) < 4.78 is 51.2. The van der Waals surface area contributed by atoms with Crippen LogP contribution in [0.3, 0.4) is 0 Å². The van der Waals surface area contributed by atoms with Crippen molar-refractivity contribution in [2.24, 2.45) is 5.11 Å². The second-order valence-corrected chi connectivity index (χ2v) is 8.89.